The van der Waals surface area contributed by atoms with Crippen LogP contribution in [0.1, 0.15) is 0 Å². The quantitative estimate of drug-likeness (QED) is 0.177. The van der Waals surface area contributed by atoms with E-state index in [0.29, 0.717) is 0 Å². The Morgan fingerprint density at radius 2 is 1.35 bits per heavy atom. The summed E-state index contributed by atoms with van der Waals surface area (Å²) in [7, 11) is 0. The minimum atomic E-state index is -0.197. The van der Waals surface area contributed by atoms with Gasteiger partial charge in [-0.3, -0.25) is 0 Å². The molecule has 0 bridgehead atoms. The summed E-state index contributed by atoms with van der Waals surface area (Å²) in [5.74, 6) is -0.0718. The molecule has 11 nitrogen and oxygen atoms in total. The number of hydrogen-bond donors (Lipinski definition) is 5. The number of carbonyl (C=O) groups is 1. The van der Waals surface area contributed by atoms with Crippen LogP contribution in [0.3, 0.4) is 0 Å². The highest BCUT2D eigenvalue weighted by Crippen LogP contribution is 1.97. The molecule has 11 heteroatoms. The smallest absolute Gasteiger partial charge is 0.226 e. The van der Waals surface area contributed by atoms with E-state index in [4.69, 9.17) is 38.7 Å². The molecule has 1 aromatic heterocycles. The second kappa shape index (κ2) is 9.40. The number of nitrogens with zero attached hydrogens (tertiary/aromatic N) is 5. The minimum Gasteiger partial charge on any atom is -0.369 e. The van der Waals surface area contributed by atoms with Crippen LogP contribution < -0.4 is 28.7 Å². The topological polar surface area (TPSA) is 222 Å². The zero-order valence-corrected chi connectivity index (χ0v) is 8.74. The summed E-state index contributed by atoms with van der Waals surface area (Å²) in [5, 5.41) is 7.64. The molecular weight excluding hydrogens is 228 g/mol. The number of anilines is 3. The molecule has 0 saturated heterocycles. The van der Waals surface area contributed by atoms with E-state index < -0.39 is 0 Å². The molecule has 0 aromatic carbocycles. The molecule has 0 atom stereocenters. The summed E-state index contributed by atoms with van der Waals surface area (Å²) in [6.45, 7) is 2.00. The lowest BCUT2D eigenvalue weighted by molar-refractivity contribution is -0.0979. The number of guanidine groups is 1. The largest absolute Gasteiger partial charge is 0.369 e. The molecule has 92 valence electrons. The van der Waals surface area contributed by atoms with E-state index in [9.17, 15) is 0 Å². The zero-order valence-electron chi connectivity index (χ0n) is 8.74. The standard InChI is InChI=1S/C3H6N6.C2H4N4.CH2O/c4-1-7-2(5)9-3(6)8-1;3-1-6-2(4)5;1-2/h(H6,4,5,6,7,8,9);(H4,4,5,6);1H2. The lowest BCUT2D eigenvalue weighted by Crippen LogP contribution is -2.21. The SMILES string of the molecule is C=O.N#CN=C(N)N.Nc1nc(N)nc(N)n1. The first-order chi connectivity index (χ1) is 7.95. The summed E-state index contributed by atoms with van der Waals surface area (Å²) < 4.78 is 0. The molecule has 0 spiro atoms. The van der Waals surface area contributed by atoms with Crippen molar-refractivity contribution in [2.75, 3.05) is 17.2 Å². The van der Waals surface area contributed by atoms with Gasteiger partial charge in [0.05, 0.1) is 0 Å². The average Bonchev–Trinajstić information content (AvgIpc) is 2.19. The first-order valence-electron chi connectivity index (χ1n) is 3.74. The Labute approximate surface area is 96.3 Å². The summed E-state index contributed by atoms with van der Waals surface area (Å²) in [6.07, 6.45) is 1.41. The molecule has 0 aliphatic rings. The molecule has 0 aliphatic carbocycles. The van der Waals surface area contributed by atoms with Crippen molar-refractivity contribution in [3.05, 3.63) is 0 Å². The number of hydrogen-bond acceptors (Lipinski definition) is 9. The fourth-order valence-electron chi connectivity index (χ4n) is 0.485. The first kappa shape index (κ1) is 16.3. The third-order valence-electron chi connectivity index (χ3n) is 0.866. The van der Waals surface area contributed by atoms with Gasteiger partial charge in [0.1, 0.15) is 6.79 Å². The van der Waals surface area contributed by atoms with Crippen LogP contribution in [0.25, 0.3) is 0 Å². The van der Waals surface area contributed by atoms with Gasteiger partial charge < -0.3 is 33.5 Å². The molecule has 1 heterocycles. The minimum absolute atomic E-state index is 0.0417. The van der Waals surface area contributed by atoms with E-state index in [-0.39, 0.29) is 23.8 Å². The van der Waals surface area contributed by atoms with E-state index >= 15 is 0 Å². The molecule has 0 saturated carbocycles. The van der Waals surface area contributed by atoms with Crippen molar-refractivity contribution >= 4 is 30.6 Å². The van der Waals surface area contributed by atoms with Crippen LogP contribution >= 0.6 is 0 Å². The highest BCUT2D eigenvalue weighted by atomic mass is 16.1. The number of carbonyl (C=O) groups excluding carboxylic acids is 1. The van der Waals surface area contributed by atoms with Crippen molar-refractivity contribution in [3.63, 3.8) is 0 Å². The monoisotopic (exact) mass is 240 g/mol. The van der Waals surface area contributed by atoms with E-state index in [1.54, 1.807) is 0 Å². The van der Waals surface area contributed by atoms with Gasteiger partial charge in [-0.15, -0.1) is 4.99 Å². The lowest BCUT2D eigenvalue weighted by atomic mass is 10.9. The Balaban J connectivity index is 0. The van der Waals surface area contributed by atoms with Gasteiger partial charge in [-0.1, -0.05) is 0 Å². The average molecular weight is 240 g/mol. The van der Waals surface area contributed by atoms with Gasteiger partial charge >= 0.3 is 0 Å². The van der Waals surface area contributed by atoms with Crippen LogP contribution in [0.15, 0.2) is 4.99 Å². The van der Waals surface area contributed by atoms with E-state index in [1.807, 2.05) is 6.79 Å². The molecule has 0 aliphatic heterocycles. The van der Waals surface area contributed by atoms with E-state index in [1.165, 1.54) is 6.19 Å². The number of aliphatic imine (C=N–C) groups is 1. The molecule has 17 heavy (non-hydrogen) atoms. The van der Waals surface area contributed by atoms with Gasteiger partial charge in [-0.25, -0.2) is 0 Å². The van der Waals surface area contributed by atoms with Crippen LogP contribution in [-0.4, -0.2) is 27.7 Å². The van der Waals surface area contributed by atoms with Crippen LogP contribution in [0.5, 0.6) is 0 Å². The molecule has 0 fully saturated rings. The highest BCUT2D eigenvalue weighted by molar-refractivity contribution is 5.76. The van der Waals surface area contributed by atoms with Crippen molar-refractivity contribution in [1.29, 1.82) is 5.26 Å². The molecule has 0 amide bonds. The second-order valence-electron chi connectivity index (χ2n) is 2.05. The molecule has 1 rings (SSSR count). The summed E-state index contributed by atoms with van der Waals surface area (Å²) in [5.41, 5.74) is 24.8. The number of aromatic nitrogens is 3. The van der Waals surface area contributed by atoms with Crippen LogP contribution in [-0.2, 0) is 4.79 Å². The van der Waals surface area contributed by atoms with Gasteiger partial charge in [0.15, 0.2) is 0 Å². The fraction of sp³-hybridized carbons (Fsp3) is 0. The van der Waals surface area contributed by atoms with E-state index in [2.05, 4.69) is 19.9 Å². The Kier molecular flexibility index (Phi) is 9.00. The maximum absolute atomic E-state index is 8.00. The van der Waals surface area contributed by atoms with Gasteiger partial charge in [0.2, 0.25) is 30.0 Å². The van der Waals surface area contributed by atoms with Crippen molar-refractivity contribution in [1.82, 2.24) is 15.0 Å². The van der Waals surface area contributed by atoms with Crippen LogP contribution in [0.4, 0.5) is 17.8 Å². The normalized spacial score (nSPS) is 7.24. The van der Waals surface area contributed by atoms with Crippen LogP contribution in [0, 0.1) is 11.5 Å². The molecular formula is C6H12N10O. The molecule has 10 N–H and O–H groups in total. The molecule has 0 radical (unpaired) electrons. The Morgan fingerprint density at radius 3 is 1.47 bits per heavy atom. The Hall–Kier alpha value is -3.16. The first-order valence-corrected chi connectivity index (χ1v) is 3.74. The van der Waals surface area contributed by atoms with E-state index in [0.717, 1.165) is 0 Å². The van der Waals surface area contributed by atoms with Crippen molar-refractivity contribution < 1.29 is 4.79 Å². The number of nitrogen functional groups attached to an aromatic ring is 3. The summed E-state index contributed by atoms with van der Waals surface area (Å²) in [6, 6.07) is 0. The van der Waals surface area contributed by atoms with Crippen molar-refractivity contribution in [3.8, 4) is 6.19 Å². The van der Waals surface area contributed by atoms with Gasteiger partial charge in [0, 0.05) is 0 Å². The van der Waals surface area contributed by atoms with Gasteiger partial charge in [-0.2, -0.15) is 20.2 Å². The maximum atomic E-state index is 8.00. The predicted octanol–water partition coefficient (Wildman–Crippen LogP) is -2.83. The molecule has 0 unspecified atom stereocenters. The van der Waals surface area contributed by atoms with Crippen molar-refractivity contribution in [2.45, 2.75) is 0 Å². The summed E-state index contributed by atoms with van der Waals surface area (Å²) in [4.78, 5) is 21.4. The third kappa shape index (κ3) is 10.8. The number of nitriles is 1. The van der Waals surface area contributed by atoms with Crippen LogP contribution in [0.2, 0.25) is 0 Å². The van der Waals surface area contributed by atoms with Crippen molar-refractivity contribution in [2.24, 2.45) is 16.5 Å². The lowest BCUT2D eigenvalue weighted by Gasteiger charge is -1.93. The predicted molar refractivity (Wildman–Crippen MR) is 61.6 cm³/mol. The Morgan fingerprint density at radius 1 is 1.06 bits per heavy atom. The number of rotatable bonds is 0. The second-order valence-corrected chi connectivity index (χ2v) is 2.05. The highest BCUT2D eigenvalue weighted by Gasteiger charge is 1.93. The zero-order chi connectivity index (χ0) is 13.8. The van der Waals surface area contributed by atoms with Gasteiger partial charge in [0.25, 0.3) is 0 Å². The Bertz CT molecular complexity index is 355. The molecule has 1 aromatic rings. The fourth-order valence-corrected chi connectivity index (χ4v) is 0.485. The maximum Gasteiger partial charge on any atom is 0.226 e. The van der Waals surface area contributed by atoms with Gasteiger partial charge in [-0.05, 0) is 0 Å². The number of nitrogens with two attached hydrogens (primary N) is 5. The summed E-state index contributed by atoms with van der Waals surface area (Å²) >= 11 is 0. The third-order valence-corrected chi connectivity index (χ3v) is 0.866.